The molecule has 0 aromatic carbocycles. The second-order valence-electron chi connectivity index (χ2n) is 4.31. The number of pyridine rings is 2. The van der Waals surface area contributed by atoms with Crippen LogP contribution in [0.15, 0.2) is 30.5 Å². The van der Waals surface area contributed by atoms with Crippen LogP contribution in [0.3, 0.4) is 0 Å². The van der Waals surface area contributed by atoms with E-state index in [-0.39, 0.29) is 5.91 Å². The number of carbonyl (C=O) groups is 1. The Balaban J connectivity index is 2.03. The molecule has 0 aliphatic carbocycles. The van der Waals surface area contributed by atoms with Crippen molar-refractivity contribution in [3.63, 3.8) is 0 Å². The molecule has 2 aromatic heterocycles. The van der Waals surface area contributed by atoms with Crippen LogP contribution in [-0.2, 0) is 6.54 Å². The molecular weight excluding hydrogens is 262 g/mol. The quantitative estimate of drug-likeness (QED) is 0.876. The molecule has 2 aromatic rings. The van der Waals surface area contributed by atoms with Crippen molar-refractivity contribution in [3.05, 3.63) is 58.1 Å². The van der Waals surface area contributed by atoms with Crippen LogP contribution < -0.4 is 5.32 Å². The third kappa shape index (κ3) is 3.76. The van der Waals surface area contributed by atoms with Crippen LogP contribution in [0.5, 0.6) is 0 Å². The lowest BCUT2D eigenvalue weighted by molar-refractivity contribution is 0.0950. The van der Waals surface area contributed by atoms with Gasteiger partial charge in [-0.05, 0) is 37.6 Å². The predicted octanol–water partition coefficient (Wildman–Crippen LogP) is 2.68. The number of nitrogens with zero attached hydrogens (tertiary/aromatic N) is 2. The Morgan fingerprint density at radius 2 is 2.05 bits per heavy atom. The van der Waals surface area contributed by atoms with Crippen molar-refractivity contribution in [1.29, 1.82) is 0 Å². The minimum Gasteiger partial charge on any atom is -0.348 e. The first kappa shape index (κ1) is 13.5. The minimum absolute atomic E-state index is 0.173. The van der Waals surface area contributed by atoms with Gasteiger partial charge in [0.1, 0.15) is 5.15 Å². The van der Waals surface area contributed by atoms with Crippen molar-refractivity contribution < 1.29 is 4.79 Å². The van der Waals surface area contributed by atoms with E-state index in [9.17, 15) is 4.79 Å². The molecule has 0 unspecified atom stereocenters. The molecule has 0 bridgehead atoms. The maximum atomic E-state index is 12.0. The van der Waals surface area contributed by atoms with Gasteiger partial charge in [-0.3, -0.25) is 9.78 Å². The van der Waals surface area contributed by atoms with Crippen LogP contribution in [0, 0.1) is 13.8 Å². The minimum atomic E-state index is -0.173. The molecule has 1 amide bonds. The monoisotopic (exact) mass is 275 g/mol. The van der Waals surface area contributed by atoms with E-state index in [0.717, 1.165) is 17.0 Å². The van der Waals surface area contributed by atoms with Gasteiger partial charge in [0.15, 0.2) is 0 Å². The van der Waals surface area contributed by atoms with Gasteiger partial charge < -0.3 is 5.32 Å². The lowest BCUT2D eigenvalue weighted by Gasteiger charge is -2.06. The molecule has 5 heteroatoms. The van der Waals surface area contributed by atoms with E-state index in [0.29, 0.717) is 17.3 Å². The molecule has 0 atom stereocenters. The Kier molecular flexibility index (Phi) is 4.12. The van der Waals surface area contributed by atoms with Gasteiger partial charge in [0.2, 0.25) is 0 Å². The van der Waals surface area contributed by atoms with Crippen LogP contribution in [0.1, 0.15) is 27.3 Å². The first-order valence-corrected chi connectivity index (χ1v) is 6.26. The molecule has 0 aliphatic rings. The van der Waals surface area contributed by atoms with Crippen LogP contribution in [0.2, 0.25) is 5.15 Å². The zero-order chi connectivity index (χ0) is 13.8. The molecule has 19 heavy (non-hydrogen) atoms. The molecule has 0 saturated carbocycles. The number of hydrogen-bond donors (Lipinski definition) is 1. The summed E-state index contributed by atoms with van der Waals surface area (Å²) in [5.74, 6) is -0.173. The number of aryl methyl sites for hydroxylation is 2. The highest BCUT2D eigenvalue weighted by atomic mass is 35.5. The van der Waals surface area contributed by atoms with Gasteiger partial charge in [0.25, 0.3) is 5.91 Å². The summed E-state index contributed by atoms with van der Waals surface area (Å²) in [7, 11) is 0. The molecule has 4 nitrogen and oxygen atoms in total. The largest absolute Gasteiger partial charge is 0.348 e. The zero-order valence-electron chi connectivity index (χ0n) is 10.8. The van der Waals surface area contributed by atoms with Crippen LogP contribution >= 0.6 is 11.6 Å². The van der Waals surface area contributed by atoms with Gasteiger partial charge >= 0.3 is 0 Å². The number of hydrogen-bond acceptors (Lipinski definition) is 3. The molecule has 2 rings (SSSR count). The number of carbonyl (C=O) groups excluding carboxylic acids is 1. The summed E-state index contributed by atoms with van der Waals surface area (Å²) >= 11 is 5.83. The highest BCUT2D eigenvalue weighted by Gasteiger charge is 2.07. The molecule has 0 radical (unpaired) electrons. The Morgan fingerprint density at radius 1 is 1.26 bits per heavy atom. The van der Waals surface area contributed by atoms with Gasteiger partial charge in [0.05, 0.1) is 0 Å². The van der Waals surface area contributed by atoms with E-state index in [4.69, 9.17) is 11.6 Å². The van der Waals surface area contributed by atoms with E-state index >= 15 is 0 Å². The number of nitrogens with one attached hydrogen (secondary N) is 1. The second-order valence-corrected chi connectivity index (χ2v) is 4.70. The van der Waals surface area contributed by atoms with Gasteiger partial charge in [-0.2, -0.15) is 0 Å². The van der Waals surface area contributed by atoms with Gasteiger partial charge in [-0.25, -0.2) is 4.98 Å². The third-order valence-corrected chi connectivity index (χ3v) is 2.80. The first-order valence-electron chi connectivity index (χ1n) is 5.88. The summed E-state index contributed by atoms with van der Waals surface area (Å²) in [5, 5.41) is 3.15. The van der Waals surface area contributed by atoms with E-state index in [1.165, 1.54) is 0 Å². The Bertz CT molecular complexity index is 576. The smallest absolute Gasteiger partial charge is 0.251 e. The lowest BCUT2D eigenvalue weighted by atomic mass is 10.2. The maximum Gasteiger partial charge on any atom is 0.251 e. The molecule has 0 spiro atoms. The summed E-state index contributed by atoms with van der Waals surface area (Å²) in [5.41, 5.74) is 3.13. The summed E-state index contributed by atoms with van der Waals surface area (Å²) in [4.78, 5) is 20.2. The number of halogens is 1. The first-order chi connectivity index (χ1) is 9.04. The van der Waals surface area contributed by atoms with Crippen molar-refractivity contribution in [2.24, 2.45) is 0 Å². The number of aromatic nitrogens is 2. The number of amides is 1. The number of rotatable bonds is 3. The SMILES string of the molecule is Cc1ccc(CNC(=O)c2cc(C)nc(Cl)c2)cn1. The van der Waals surface area contributed by atoms with Gasteiger partial charge in [0, 0.05) is 29.7 Å². The fraction of sp³-hybridized carbons (Fsp3) is 0.214. The predicted molar refractivity (Wildman–Crippen MR) is 74.1 cm³/mol. The standard InChI is InChI=1S/C14H14ClN3O/c1-9-3-4-11(7-16-9)8-17-14(19)12-5-10(2)18-13(15)6-12/h3-7H,8H2,1-2H3,(H,17,19). The molecule has 0 saturated heterocycles. The van der Waals surface area contributed by atoms with Crippen molar-refractivity contribution in [2.45, 2.75) is 20.4 Å². The zero-order valence-corrected chi connectivity index (χ0v) is 11.5. The summed E-state index contributed by atoms with van der Waals surface area (Å²) in [6, 6.07) is 7.11. The van der Waals surface area contributed by atoms with Gasteiger partial charge in [-0.1, -0.05) is 17.7 Å². The fourth-order valence-electron chi connectivity index (χ4n) is 1.65. The van der Waals surface area contributed by atoms with Crippen molar-refractivity contribution in [3.8, 4) is 0 Å². The summed E-state index contributed by atoms with van der Waals surface area (Å²) < 4.78 is 0. The van der Waals surface area contributed by atoms with Crippen LogP contribution in [0.4, 0.5) is 0 Å². The topological polar surface area (TPSA) is 54.9 Å². The molecule has 2 heterocycles. The normalized spacial score (nSPS) is 10.3. The van der Waals surface area contributed by atoms with Crippen LogP contribution in [-0.4, -0.2) is 15.9 Å². The highest BCUT2D eigenvalue weighted by Crippen LogP contribution is 2.10. The molecule has 0 fully saturated rings. The molecule has 0 aliphatic heterocycles. The Hall–Kier alpha value is -1.94. The fourth-order valence-corrected chi connectivity index (χ4v) is 1.90. The highest BCUT2D eigenvalue weighted by molar-refractivity contribution is 6.29. The van der Waals surface area contributed by atoms with Crippen molar-refractivity contribution in [1.82, 2.24) is 15.3 Å². The molecular formula is C14H14ClN3O. The Labute approximate surface area is 116 Å². The van der Waals surface area contributed by atoms with Crippen molar-refractivity contribution >= 4 is 17.5 Å². The summed E-state index contributed by atoms with van der Waals surface area (Å²) in [6.45, 7) is 4.15. The van der Waals surface area contributed by atoms with E-state index in [1.807, 2.05) is 19.1 Å². The average molecular weight is 276 g/mol. The maximum absolute atomic E-state index is 12.0. The van der Waals surface area contributed by atoms with Crippen LogP contribution in [0.25, 0.3) is 0 Å². The van der Waals surface area contributed by atoms with E-state index < -0.39 is 0 Å². The lowest BCUT2D eigenvalue weighted by Crippen LogP contribution is -2.23. The molecule has 98 valence electrons. The Morgan fingerprint density at radius 3 is 2.68 bits per heavy atom. The second kappa shape index (κ2) is 5.80. The van der Waals surface area contributed by atoms with E-state index in [2.05, 4.69) is 15.3 Å². The van der Waals surface area contributed by atoms with Gasteiger partial charge in [-0.15, -0.1) is 0 Å². The third-order valence-electron chi connectivity index (χ3n) is 2.61. The van der Waals surface area contributed by atoms with Crippen molar-refractivity contribution in [2.75, 3.05) is 0 Å². The molecule has 1 N–H and O–H groups in total. The summed E-state index contributed by atoms with van der Waals surface area (Å²) in [6.07, 6.45) is 1.75. The average Bonchev–Trinajstić information content (AvgIpc) is 2.36. The van der Waals surface area contributed by atoms with E-state index in [1.54, 1.807) is 25.3 Å².